The lowest BCUT2D eigenvalue weighted by molar-refractivity contribution is 0.848. The quantitative estimate of drug-likeness (QED) is 0.812. The fourth-order valence-corrected chi connectivity index (χ4v) is 1.25. The molecule has 4 heteroatoms. The second-order valence-electron chi connectivity index (χ2n) is 2.53. The second kappa shape index (κ2) is 3.62. The van der Waals surface area contributed by atoms with E-state index in [1.807, 2.05) is 41.7 Å². The van der Waals surface area contributed by atoms with Gasteiger partial charge < -0.3 is 5.43 Å². The molecule has 0 unspecified atom stereocenters. The highest BCUT2D eigenvalue weighted by Crippen LogP contribution is 2.14. The Labute approximate surface area is 84.9 Å². The van der Waals surface area contributed by atoms with E-state index in [1.165, 1.54) is 0 Å². The third kappa shape index (κ3) is 1.89. The first-order chi connectivity index (χ1) is 6.36. The van der Waals surface area contributed by atoms with Crippen molar-refractivity contribution in [3.63, 3.8) is 0 Å². The molecule has 1 aromatic rings. The van der Waals surface area contributed by atoms with Gasteiger partial charge in [-0.2, -0.15) is 0 Å². The molecular formula is C9H8BrN3. The van der Waals surface area contributed by atoms with Gasteiger partial charge in [0.2, 0.25) is 0 Å². The van der Waals surface area contributed by atoms with Gasteiger partial charge in [0.25, 0.3) is 0 Å². The van der Waals surface area contributed by atoms with Gasteiger partial charge >= 0.3 is 0 Å². The Kier molecular flexibility index (Phi) is 2.31. The standard InChI is InChI=1S/C9H8BrN3/c10-8-3-4-9(11-7-8)13-6-2-1-5-12-13/h1-7,12H. The van der Waals surface area contributed by atoms with Crippen LogP contribution in [0.5, 0.6) is 0 Å². The molecule has 0 amide bonds. The van der Waals surface area contributed by atoms with Crippen LogP contribution < -0.4 is 10.4 Å². The maximum atomic E-state index is 4.23. The fourth-order valence-electron chi connectivity index (χ4n) is 1.01. The Morgan fingerprint density at radius 3 is 2.85 bits per heavy atom. The molecular weight excluding hydrogens is 230 g/mol. The number of hydrazine groups is 1. The highest BCUT2D eigenvalue weighted by molar-refractivity contribution is 9.10. The summed E-state index contributed by atoms with van der Waals surface area (Å²) in [6, 6.07) is 3.89. The second-order valence-corrected chi connectivity index (χ2v) is 3.45. The minimum Gasteiger partial charge on any atom is -0.300 e. The highest BCUT2D eigenvalue weighted by atomic mass is 79.9. The van der Waals surface area contributed by atoms with Crippen LogP contribution in [0.1, 0.15) is 0 Å². The average Bonchev–Trinajstić information content (AvgIpc) is 2.20. The number of hydrogen-bond donors (Lipinski definition) is 1. The summed E-state index contributed by atoms with van der Waals surface area (Å²) in [7, 11) is 0. The van der Waals surface area contributed by atoms with E-state index in [0.29, 0.717) is 0 Å². The molecule has 0 radical (unpaired) electrons. The molecule has 13 heavy (non-hydrogen) atoms. The average molecular weight is 238 g/mol. The molecule has 0 fully saturated rings. The van der Waals surface area contributed by atoms with Gasteiger partial charge in [-0.3, -0.25) is 0 Å². The minimum absolute atomic E-state index is 0.865. The van der Waals surface area contributed by atoms with Crippen LogP contribution in [0, 0.1) is 0 Å². The number of hydrogen-bond acceptors (Lipinski definition) is 3. The van der Waals surface area contributed by atoms with Crippen molar-refractivity contribution in [3.8, 4) is 0 Å². The SMILES string of the molecule is Brc1ccc(N2C=CC=CN2)nc1. The number of rotatable bonds is 1. The zero-order valence-electron chi connectivity index (χ0n) is 6.81. The molecule has 0 spiro atoms. The number of allylic oxidation sites excluding steroid dienone is 2. The van der Waals surface area contributed by atoms with Crippen LogP contribution in [-0.4, -0.2) is 4.98 Å². The van der Waals surface area contributed by atoms with Crippen LogP contribution in [0.2, 0.25) is 0 Å². The lowest BCUT2D eigenvalue weighted by Gasteiger charge is -2.20. The third-order valence-corrected chi connectivity index (χ3v) is 2.08. The first kappa shape index (κ1) is 8.31. The molecule has 0 aliphatic carbocycles. The van der Waals surface area contributed by atoms with Crippen molar-refractivity contribution in [2.45, 2.75) is 0 Å². The summed E-state index contributed by atoms with van der Waals surface area (Å²) >= 11 is 3.34. The summed E-state index contributed by atoms with van der Waals surface area (Å²) in [5.74, 6) is 0.865. The summed E-state index contributed by atoms with van der Waals surface area (Å²) < 4.78 is 0.979. The smallest absolute Gasteiger partial charge is 0.151 e. The molecule has 0 saturated carbocycles. The van der Waals surface area contributed by atoms with E-state index in [0.717, 1.165) is 10.3 Å². The van der Waals surface area contributed by atoms with Gasteiger partial charge in [-0.15, -0.1) is 0 Å². The van der Waals surface area contributed by atoms with E-state index >= 15 is 0 Å². The van der Waals surface area contributed by atoms with Crippen molar-refractivity contribution < 1.29 is 0 Å². The zero-order chi connectivity index (χ0) is 9.10. The Hall–Kier alpha value is -1.29. The van der Waals surface area contributed by atoms with Crippen LogP contribution >= 0.6 is 15.9 Å². The molecule has 66 valence electrons. The van der Waals surface area contributed by atoms with Gasteiger partial charge in [-0.1, -0.05) is 0 Å². The molecule has 1 aromatic heterocycles. The summed E-state index contributed by atoms with van der Waals surface area (Å²) in [6.07, 6.45) is 9.40. The monoisotopic (exact) mass is 237 g/mol. The topological polar surface area (TPSA) is 28.2 Å². The molecule has 2 rings (SSSR count). The van der Waals surface area contributed by atoms with Crippen molar-refractivity contribution in [1.82, 2.24) is 10.4 Å². The first-order valence-electron chi connectivity index (χ1n) is 3.86. The first-order valence-corrected chi connectivity index (χ1v) is 4.66. The molecule has 1 aliphatic heterocycles. The largest absolute Gasteiger partial charge is 0.300 e. The van der Waals surface area contributed by atoms with Crippen LogP contribution in [0.25, 0.3) is 0 Å². The fraction of sp³-hybridized carbons (Fsp3) is 0. The van der Waals surface area contributed by atoms with Crippen molar-refractivity contribution in [3.05, 3.63) is 47.4 Å². The predicted octanol–water partition coefficient (Wildman–Crippen LogP) is 2.20. The van der Waals surface area contributed by atoms with E-state index in [2.05, 4.69) is 26.3 Å². The van der Waals surface area contributed by atoms with Gasteiger partial charge in [-0.25, -0.2) is 9.99 Å². The van der Waals surface area contributed by atoms with E-state index in [9.17, 15) is 0 Å². The summed E-state index contributed by atoms with van der Waals surface area (Å²) in [5.41, 5.74) is 3.04. The normalized spacial score (nSPS) is 14.4. The van der Waals surface area contributed by atoms with Crippen LogP contribution in [-0.2, 0) is 0 Å². The van der Waals surface area contributed by atoms with Gasteiger partial charge in [0.15, 0.2) is 5.82 Å². The lowest BCUT2D eigenvalue weighted by atomic mass is 10.4. The maximum Gasteiger partial charge on any atom is 0.151 e. The summed E-state index contributed by atoms with van der Waals surface area (Å²) in [5, 5.41) is 1.84. The molecule has 1 aliphatic rings. The van der Waals surface area contributed by atoms with Gasteiger partial charge in [0.05, 0.1) is 0 Å². The zero-order valence-corrected chi connectivity index (χ0v) is 8.40. The third-order valence-electron chi connectivity index (χ3n) is 1.61. The Morgan fingerprint density at radius 1 is 1.31 bits per heavy atom. The minimum atomic E-state index is 0.865. The number of aromatic nitrogens is 1. The lowest BCUT2D eigenvalue weighted by Crippen LogP contribution is -2.30. The van der Waals surface area contributed by atoms with E-state index < -0.39 is 0 Å². The molecule has 2 heterocycles. The maximum absolute atomic E-state index is 4.23. The number of pyridine rings is 1. The number of anilines is 1. The molecule has 1 N–H and O–H groups in total. The van der Waals surface area contributed by atoms with E-state index in [-0.39, 0.29) is 0 Å². The summed E-state index contributed by atoms with van der Waals surface area (Å²) in [6.45, 7) is 0. The van der Waals surface area contributed by atoms with Gasteiger partial charge in [0.1, 0.15) is 0 Å². The Morgan fingerprint density at radius 2 is 2.23 bits per heavy atom. The van der Waals surface area contributed by atoms with Crippen molar-refractivity contribution in [2.24, 2.45) is 0 Å². The number of nitrogens with zero attached hydrogens (tertiary/aromatic N) is 2. The van der Waals surface area contributed by atoms with Crippen LogP contribution in [0.15, 0.2) is 47.4 Å². The molecule has 0 saturated heterocycles. The van der Waals surface area contributed by atoms with E-state index in [1.54, 1.807) is 6.20 Å². The van der Waals surface area contributed by atoms with Gasteiger partial charge in [0, 0.05) is 23.1 Å². The van der Waals surface area contributed by atoms with Crippen molar-refractivity contribution in [1.29, 1.82) is 0 Å². The van der Waals surface area contributed by atoms with Gasteiger partial charge in [-0.05, 0) is 40.2 Å². The number of halogens is 1. The molecule has 3 nitrogen and oxygen atoms in total. The van der Waals surface area contributed by atoms with Crippen LogP contribution in [0.3, 0.4) is 0 Å². The highest BCUT2D eigenvalue weighted by Gasteiger charge is 2.02. The molecule has 0 bridgehead atoms. The van der Waals surface area contributed by atoms with Crippen LogP contribution in [0.4, 0.5) is 5.82 Å². The predicted molar refractivity (Wildman–Crippen MR) is 55.8 cm³/mol. The number of nitrogens with one attached hydrogen (secondary N) is 1. The van der Waals surface area contributed by atoms with Crippen molar-refractivity contribution >= 4 is 21.7 Å². The summed E-state index contributed by atoms with van der Waals surface area (Å²) in [4.78, 5) is 4.23. The molecule has 0 aromatic carbocycles. The molecule has 0 atom stereocenters. The van der Waals surface area contributed by atoms with E-state index in [4.69, 9.17) is 0 Å². The van der Waals surface area contributed by atoms with Crippen molar-refractivity contribution in [2.75, 3.05) is 5.01 Å². The Balaban J connectivity index is 2.21. The Bertz CT molecular complexity index is 342.